The molecule has 0 unspecified atom stereocenters. The minimum atomic E-state index is -4.45. The third kappa shape index (κ3) is 6.46. The molecule has 0 aliphatic carbocycles. The highest BCUT2D eigenvalue weighted by molar-refractivity contribution is 7.16. The Hall–Kier alpha value is -2.43. The topological polar surface area (TPSA) is 63.1 Å². The van der Waals surface area contributed by atoms with Crippen LogP contribution in [0, 0.1) is 5.41 Å². The van der Waals surface area contributed by atoms with E-state index in [9.17, 15) is 18.0 Å². The molecule has 3 aromatic heterocycles. The minimum Gasteiger partial charge on any atom is -0.365 e. The average molecular weight is 540 g/mol. The van der Waals surface area contributed by atoms with Crippen molar-refractivity contribution in [1.29, 1.82) is 0 Å². The van der Waals surface area contributed by atoms with Crippen LogP contribution in [0.25, 0.3) is 0 Å². The van der Waals surface area contributed by atoms with Gasteiger partial charge in [-0.2, -0.15) is 23.0 Å². The predicted octanol–water partition coefficient (Wildman–Crippen LogP) is 6.69. The number of piperidine rings is 1. The van der Waals surface area contributed by atoms with E-state index in [1.54, 1.807) is 6.07 Å². The van der Waals surface area contributed by atoms with Crippen LogP contribution >= 0.6 is 22.9 Å². The second kappa shape index (κ2) is 10.5. The van der Waals surface area contributed by atoms with E-state index in [-0.39, 0.29) is 11.8 Å². The smallest absolute Gasteiger partial charge is 0.365 e. The second-order valence-electron chi connectivity index (χ2n) is 10.0. The number of halogens is 4. The summed E-state index contributed by atoms with van der Waals surface area (Å²) in [5.41, 5.74) is -0.221. The summed E-state index contributed by atoms with van der Waals surface area (Å²) in [7, 11) is 0. The molecule has 0 atom stereocenters. The number of carbonyl (C=O) groups is 1. The number of nitrogens with zero attached hydrogens (tertiary/aromatic N) is 4. The number of rotatable bonds is 6. The van der Waals surface area contributed by atoms with Gasteiger partial charge in [-0.15, -0.1) is 11.3 Å². The van der Waals surface area contributed by atoms with Gasteiger partial charge in [0.25, 0.3) is 5.91 Å². The van der Waals surface area contributed by atoms with Crippen LogP contribution in [0.2, 0.25) is 4.34 Å². The fraction of sp³-hybridized carbons (Fsp3) is 0.480. The molecule has 4 heterocycles. The van der Waals surface area contributed by atoms with Gasteiger partial charge in [0.15, 0.2) is 0 Å². The van der Waals surface area contributed by atoms with Crippen LogP contribution in [0.1, 0.15) is 66.3 Å². The molecule has 1 fully saturated rings. The van der Waals surface area contributed by atoms with E-state index in [1.165, 1.54) is 22.1 Å². The van der Waals surface area contributed by atoms with Crippen molar-refractivity contribution in [2.24, 2.45) is 5.41 Å². The summed E-state index contributed by atoms with van der Waals surface area (Å²) in [6, 6.07) is 9.74. The molecular weight excluding hydrogens is 511 g/mol. The molecule has 1 N–H and O–H groups in total. The van der Waals surface area contributed by atoms with Gasteiger partial charge in [0, 0.05) is 28.8 Å². The molecule has 0 bridgehead atoms. The van der Waals surface area contributed by atoms with Gasteiger partial charge < -0.3 is 5.32 Å². The molecule has 0 amide bonds. The Morgan fingerprint density at radius 2 is 1.89 bits per heavy atom. The first-order chi connectivity index (χ1) is 16.9. The van der Waals surface area contributed by atoms with Crippen LogP contribution in [0.15, 0.2) is 36.4 Å². The molecule has 0 radical (unpaired) electrons. The minimum absolute atomic E-state index is 0.103. The van der Waals surface area contributed by atoms with Gasteiger partial charge in [0.1, 0.15) is 11.5 Å². The molecule has 0 aromatic carbocycles. The number of pyridine rings is 1. The third-order valence-corrected chi connectivity index (χ3v) is 7.35. The molecule has 0 saturated carbocycles. The summed E-state index contributed by atoms with van der Waals surface area (Å²) in [5, 5.41) is 8.03. The van der Waals surface area contributed by atoms with Crippen molar-refractivity contribution in [3.63, 3.8) is 0 Å². The van der Waals surface area contributed by atoms with Crippen molar-refractivity contribution in [1.82, 2.24) is 19.7 Å². The first-order valence-corrected chi connectivity index (χ1v) is 13.0. The van der Waals surface area contributed by atoms with Gasteiger partial charge in [-0.25, -0.2) is 4.98 Å². The quantitative estimate of drug-likeness (QED) is 0.378. The Bertz CT molecular complexity index is 1210. The molecule has 194 valence electrons. The van der Waals surface area contributed by atoms with Crippen LogP contribution in [-0.4, -0.2) is 38.7 Å². The van der Waals surface area contributed by atoms with Crippen LogP contribution in [0.4, 0.5) is 19.0 Å². The molecule has 11 heteroatoms. The lowest BCUT2D eigenvalue weighted by Gasteiger charge is -2.31. The highest BCUT2D eigenvalue weighted by atomic mass is 35.5. The lowest BCUT2D eigenvalue weighted by molar-refractivity contribution is -0.141. The zero-order chi connectivity index (χ0) is 26.1. The van der Waals surface area contributed by atoms with E-state index < -0.39 is 17.3 Å². The second-order valence-corrected chi connectivity index (χ2v) is 11.8. The van der Waals surface area contributed by atoms with Gasteiger partial charge in [-0.1, -0.05) is 38.4 Å². The molecular formula is C25H29ClF3N5OS. The number of carbonyl (C=O) groups excluding carboxylic acids is 1. The average Bonchev–Trinajstić information content (AvgIpc) is 3.42. The number of thiophene rings is 1. The zero-order valence-corrected chi connectivity index (χ0v) is 22.0. The molecule has 0 spiro atoms. The van der Waals surface area contributed by atoms with E-state index >= 15 is 0 Å². The van der Waals surface area contributed by atoms with Gasteiger partial charge in [0.2, 0.25) is 0 Å². The predicted molar refractivity (Wildman–Crippen MR) is 135 cm³/mol. The van der Waals surface area contributed by atoms with Crippen LogP contribution in [0.3, 0.4) is 0 Å². The van der Waals surface area contributed by atoms with Crippen molar-refractivity contribution >= 4 is 34.7 Å². The molecule has 1 aliphatic heterocycles. The summed E-state index contributed by atoms with van der Waals surface area (Å²) >= 11 is 7.52. The van der Waals surface area contributed by atoms with Crippen molar-refractivity contribution in [3.8, 4) is 0 Å². The first kappa shape index (κ1) is 26.6. The number of aromatic nitrogens is 3. The molecule has 36 heavy (non-hydrogen) atoms. The maximum Gasteiger partial charge on any atom is 0.433 e. The number of anilines is 1. The van der Waals surface area contributed by atoms with Gasteiger partial charge in [-0.3, -0.25) is 9.69 Å². The Morgan fingerprint density at radius 1 is 1.17 bits per heavy atom. The van der Waals surface area contributed by atoms with Crippen molar-refractivity contribution in [3.05, 3.63) is 62.7 Å². The number of alkyl halides is 3. The molecule has 1 aliphatic rings. The maximum absolute atomic E-state index is 13.1. The first-order valence-electron chi connectivity index (χ1n) is 11.8. The summed E-state index contributed by atoms with van der Waals surface area (Å²) < 4.78 is 41.1. The van der Waals surface area contributed by atoms with E-state index in [0.29, 0.717) is 42.0 Å². The molecule has 3 aromatic rings. The SMILES string of the molecule is CC(C)(C)C(=O)n1nc(C2CCN(Cc3cccc(C(F)(F)F)n3)CC2)cc1NCc1ccc(Cl)s1. The van der Waals surface area contributed by atoms with Crippen LogP contribution in [-0.2, 0) is 19.3 Å². The van der Waals surface area contributed by atoms with Gasteiger partial charge in [0.05, 0.1) is 22.3 Å². The summed E-state index contributed by atoms with van der Waals surface area (Å²) in [6.45, 7) is 7.89. The maximum atomic E-state index is 13.1. The number of nitrogens with one attached hydrogen (secondary N) is 1. The Labute approximate surface area is 217 Å². The largest absolute Gasteiger partial charge is 0.433 e. The fourth-order valence-corrected chi connectivity index (χ4v) is 5.19. The van der Waals surface area contributed by atoms with Crippen LogP contribution < -0.4 is 5.32 Å². The van der Waals surface area contributed by atoms with E-state index in [4.69, 9.17) is 16.7 Å². The van der Waals surface area contributed by atoms with E-state index in [0.717, 1.165) is 29.5 Å². The van der Waals surface area contributed by atoms with Crippen molar-refractivity contribution in [2.45, 2.75) is 58.8 Å². The highest BCUT2D eigenvalue weighted by Crippen LogP contribution is 2.32. The van der Waals surface area contributed by atoms with Gasteiger partial charge >= 0.3 is 6.18 Å². The summed E-state index contributed by atoms with van der Waals surface area (Å²) in [4.78, 5) is 20.0. The number of hydrogen-bond donors (Lipinski definition) is 1. The molecule has 4 rings (SSSR count). The lowest BCUT2D eigenvalue weighted by atomic mass is 9.93. The zero-order valence-electron chi connectivity index (χ0n) is 20.4. The standard InChI is InChI=1S/C25H29ClF3N5OS/c1-24(2,3)23(35)34-22(30-14-18-7-8-21(26)36-18)13-19(32-34)16-9-11-33(12-10-16)15-17-5-4-6-20(31-17)25(27,28)29/h4-8,13,16,30H,9-12,14-15H2,1-3H3. The van der Waals surface area contributed by atoms with Gasteiger partial charge in [-0.05, 0) is 50.2 Å². The number of hydrogen-bond acceptors (Lipinski definition) is 6. The van der Waals surface area contributed by atoms with E-state index in [1.807, 2.05) is 39.0 Å². The monoisotopic (exact) mass is 539 g/mol. The summed E-state index contributed by atoms with van der Waals surface area (Å²) in [5.74, 6) is 0.694. The normalized spacial score (nSPS) is 15.9. The Morgan fingerprint density at radius 3 is 2.50 bits per heavy atom. The Balaban J connectivity index is 1.44. The van der Waals surface area contributed by atoms with E-state index in [2.05, 4.69) is 15.2 Å². The van der Waals surface area contributed by atoms with Crippen LogP contribution in [0.5, 0.6) is 0 Å². The molecule has 6 nitrogen and oxygen atoms in total. The fourth-order valence-electron chi connectivity index (χ4n) is 4.16. The number of likely N-dealkylation sites (tertiary alicyclic amines) is 1. The third-order valence-electron chi connectivity index (χ3n) is 6.12. The lowest BCUT2D eigenvalue weighted by Crippen LogP contribution is -2.33. The molecule has 1 saturated heterocycles. The Kier molecular flexibility index (Phi) is 7.78. The van der Waals surface area contributed by atoms with Crippen molar-refractivity contribution in [2.75, 3.05) is 18.4 Å². The summed E-state index contributed by atoms with van der Waals surface area (Å²) in [6.07, 6.45) is -2.87. The highest BCUT2D eigenvalue weighted by Gasteiger charge is 2.33. The van der Waals surface area contributed by atoms with Crippen molar-refractivity contribution < 1.29 is 18.0 Å².